The fraction of sp³-hybridized carbons (Fsp3) is 0.158. The number of nitrogens with one attached hydrogen (secondary N) is 2. The molecule has 0 aliphatic carbocycles. The zero-order valence-corrected chi connectivity index (χ0v) is 14.1. The first-order chi connectivity index (χ1) is 12.2. The Bertz CT molecular complexity index is 899. The van der Waals surface area contributed by atoms with Gasteiger partial charge in [0.2, 0.25) is 5.95 Å². The third-order valence-corrected chi connectivity index (χ3v) is 3.38. The van der Waals surface area contributed by atoms with E-state index in [0.717, 1.165) is 5.69 Å². The molecule has 0 atom stereocenters. The zero-order valence-electron chi connectivity index (χ0n) is 14.1. The number of rotatable bonds is 5. The summed E-state index contributed by atoms with van der Waals surface area (Å²) < 4.78 is 0. The predicted molar refractivity (Wildman–Crippen MR) is 98.5 cm³/mol. The molecule has 0 unspecified atom stereocenters. The van der Waals surface area contributed by atoms with Gasteiger partial charge in [-0.15, -0.1) is 0 Å². The number of para-hydroxylation sites is 1. The maximum Gasteiger partial charge on any atom is 0.225 e. The molecule has 0 radical (unpaired) electrons. The van der Waals surface area contributed by atoms with E-state index in [-0.39, 0.29) is 6.04 Å². The van der Waals surface area contributed by atoms with Crippen LogP contribution in [-0.2, 0) is 0 Å². The van der Waals surface area contributed by atoms with E-state index in [1.54, 1.807) is 12.3 Å². The van der Waals surface area contributed by atoms with Gasteiger partial charge in [0.25, 0.3) is 0 Å². The average Bonchev–Trinajstić information content (AvgIpc) is 2.62. The van der Waals surface area contributed by atoms with E-state index < -0.39 is 0 Å². The fourth-order valence-electron chi connectivity index (χ4n) is 2.31. The Labute approximate surface area is 146 Å². The molecule has 0 aliphatic rings. The third-order valence-electron chi connectivity index (χ3n) is 3.38. The molecule has 0 amide bonds. The molecule has 0 saturated carbocycles. The summed E-state index contributed by atoms with van der Waals surface area (Å²) in [4.78, 5) is 13.4. The van der Waals surface area contributed by atoms with Gasteiger partial charge in [-0.3, -0.25) is 4.98 Å². The topological polar surface area (TPSA) is 86.5 Å². The van der Waals surface area contributed by atoms with Crippen LogP contribution in [0.5, 0.6) is 0 Å². The van der Waals surface area contributed by atoms with Crippen LogP contribution >= 0.6 is 0 Å². The molecule has 0 spiro atoms. The summed E-state index contributed by atoms with van der Waals surface area (Å²) in [6.45, 7) is 4.05. The summed E-state index contributed by atoms with van der Waals surface area (Å²) in [5.41, 5.74) is 2.72. The molecule has 3 rings (SSSR count). The van der Waals surface area contributed by atoms with Crippen molar-refractivity contribution in [3.8, 4) is 17.5 Å². The normalized spacial score (nSPS) is 10.3. The van der Waals surface area contributed by atoms with Gasteiger partial charge in [0.1, 0.15) is 11.9 Å². The molecule has 2 aromatic heterocycles. The molecule has 6 heteroatoms. The lowest BCUT2D eigenvalue weighted by Crippen LogP contribution is -2.13. The van der Waals surface area contributed by atoms with E-state index in [4.69, 9.17) is 0 Å². The van der Waals surface area contributed by atoms with Crippen molar-refractivity contribution >= 4 is 17.5 Å². The summed E-state index contributed by atoms with van der Waals surface area (Å²) in [5, 5.41) is 15.7. The van der Waals surface area contributed by atoms with E-state index in [1.165, 1.54) is 0 Å². The van der Waals surface area contributed by atoms with Crippen molar-refractivity contribution in [3.63, 3.8) is 0 Å². The second kappa shape index (κ2) is 7.41. The molecule has 2 N–H and O–H groups in total. The van der Waals surface area contributed by atoms with E-state index in [0.29, 0.717) is 28.7 Å². The van der Waals surface area contributed by atoms with Gasteiger partial charge in [-0.25, -0.2) is 4.98 Å². The van der Waals surface area contributed by atoms with E-state index in [9.17, 15) is 5.26 Å². The Kier molecular flexibility index (Phi) is 4.86. The molecule has 25 heavy (non-hydrogen) atoms. The Balaban J connectivity index is 2.02. The standard InChI is InChI=1S/C19H18N6/c1-13(2)22-19-24-17(16-9-5-6-10-21-16)11-18(25-19)23-15-8-4-3-7-14(15)12-20/h3-11,13H,1-2H3,(H2,22,23,24,25). The van der Waals surface area contributed by atoms with E-state index in [2.05, 4.69) is 31.7 Å². The largest absolute Gasteiger partial charge is 0.352 e. The summed E-state index contributed by atoms with van der Waals surface area (Å²) in [6, 6.07) is 17.2. The Morgan fingerprint density at radius 2 is 1.80 bits per heavy atom. The SMILES string of the molecule is CC(C)Nc1nc(Nc2ccccc2C#N)cc(-c2ccccn2)n1. The number of aromatic nitrogens is 3. The molecule has 1 aromatic carbocycles. The molecular weight excluding hydrogens is 312 g/mol. The first kappa shape index (κ1) is 16.4. The molecule has 0 saturated heterocycles. The van der Waals surface area contributed by atoms with Crippen molar-refractivity contribution in [2.24, 2.45) is 0 Å². The lowest BCUT2D eigenvalue weighted by molar-refractivity contribution is 0.875. The van der Waals surface area contributed by atoms with Crippen LogP contribution in [-0.4, -0.2) is 21.0 Å². The molecule has 0 fully saturated rings. The van der Waals surface area contributed by atoms with Gasteiger partial charge in [0.15, 0.2) is 0 Å². The number of hydrogen-bond donors (Lipinski definition) is 2. The van der Waals surface area contributed by atoms with Gasteiger partial charge in [-0.05, 0) is 38.1 Å². The van der Waals surface area contributed by atoms with Gasteiger partial charge < -0.3 is 10.6 Å². The maximum absolute atomic E-state index is 9.26. The molecule has 0 aliphatic heterocycles. The first-order valence-electron chi connectivity index (χ1n) is 7.99. The monoisotopic (exact) mass is 330 g/mol. The summed E-state index contributed by atoms with van der Waals surface area (Å²) >= 11 is 0. The predicted octanol–water partition coefficient (Wildman–Crippen LogP) is 3.97. The van der Waals surface area contributed by atoms with Gasteiger partial charge in [0, 0.05) is 18.3 Å². The number of pyridine rings is 1. The highest BCUT2D eigenvalue weighted by atomic mass is 15.2. The minimum Gasteiger partial charge on any atom is -0.352 e. The number of nitriles is 1. The second-order valence-electron chi connectivity index (χ2n) is 5.76. The summed E-state index contributed by atoms with van der Waals surface area (Å²) in [5.74, 6) is 1.11. The fourth-order valence-corrected chi connectivity index (χ4v) is 2.31. The van der Waals surface area contributed by atoms with Crippen molar-refractivity contribution in [1.82, 2.24) is 15.0 Å². The maximum atomic E-state index is 9.26. The number of hydrogen-bond acceptors (Lipinski definition) is 6. The number of anilines is 3. The van der Waals surface area contributed by atoms with Crippen LogP contribution in [0.2, 0.25) is 0 Å². The molecule has 0 bridgehead atoms. The van der Waals surface area contributed by atoms with Gasteiger partial charge in [-0.1, -0.05) is 18.2 Å². The minimum absolute atomic E-state index is 0.193. The van der Waals surface area contributed by atoms with Crippen LogP contribution in [0.25, 0.3) is 11.4 Å². The minimum atomic E-state index is 0.193. The number of nitrogens with zero attached hydrogens (tertiary/aromatic N) is 4. The van der Waals surface area contributed by atoms with Crippen molar-refractivity contribution in [2.75, 3.05) is 10.6 Å². The Morgan fingerprint density at radius 1 is 1.00 bits per heavy atom. The van der Waals surface area contributed by atoms with E-state index in [1.807, 2.05) is 56.3 Å². The highest BCUT2D eigenvalue weighted by Crippen LogP contribution is 2.24. The van der Waals surface area contributed by atoms with Crippen LogP contribution in [0.1, 0.15) is 19.4 Å². The summed E-state index contributed by atoms with van der Waals surface area (Å²) in [6.07, 6.45) is 1.73. The van der Waals surface area contributed by atoms with Crippen LogP contribution < -0.4 is 10.6 Å². The third kappa shape index (κ3) is 4.09. The molecule has 3 aromatic rings. The first-order valence-corrected chi connectivity index (χ1v) is 7.99. The highest BCUT2D eigenvalue weighted by Gasteiger charge is 2.10. The molecule has 2 heterocycles. The average molecular weight is 330 g/mol. The van der Waals surface area contributed by atoms with E-state index >= 15 is 0 Å². The van der Waals surface area contributed by atoms with Crippen molar-refractivity contribution in [2.45, 2.75) is 19.9 Å². The lowest BCUT2D eigenvalue weighted by Gasteiger charge is -2.13. The van der Waals surface area contributed by atoms with Gasteiger partial charge in [-0.2, -0.15) is 10.2 Å². The second-order valence-corrected chi connectivity index (χ2v) is 5.76. The Hall–Kier alpha value is -3.46. The molecule has 124 valence electrons. The molecule has 6 nitrogen and oxygen atoms in total. The van der Waals surface area contributed by atoms with Crippen molar-refractivity contribution in [1.29, 1.82) is 5.26 Å². The summed E-state index contributed by atoms with van der Waals surface area (Å²) in [7, 11) is 0. The highest BCUT2D eigenvalue weighted by molar-refractivity contribution is 5.68. The van der Waals surface area contributed by atoms with Crippen LogP contribution in [0.3, 0.4) is 0 Å². The van der Waals surface area contributed by atoms with Crippen LogP contribution in [0.4, 0.5) is 17.5 Å². The Morgan fingerprint density at radius 3 is 2.52 bits per heavy atom. The molecular formula is C19H18N6. The van der Waals surface area contributed by atoms with Gasteiger partial charge in [0.05, 0.1) is 22.6 Å². The van der Waals surface area contributed by atoms with Crippen molar-refractivity contribution < 1.29 is 0 Å². The van der Waals surface area contributed by atoms with Crippen molar-refractivity contribution in [3.05, 3.63) is 60.3 Å². The zero-order chi connectivity index (χ0) is 17.6. The smallest absolute Gasteiger partial charge is 0.225 e. The van der Waals surface area contributed by atoms with Crippen LogP contribution in [0, 0.1) is 11.3 Å². The lowest BCUT2D eigenvalue weighted by atomic mass is 10.2. The number of benzene rings is 1. The van der Waals surface area contributed by atoms with Crippen LogP contribution in [0.15, 0.2) is 54.7 Å². The van der Waals surface area contributed by atoms with Gasteiger partial charge >= 0.3 is 0 Å². The quantitative estimate of drug-likeness (QED) is 0.736.